The largest absolute Gasteiger partial charge is 0.494 e. The molecule has 0 bridgehead atoms. The number of anilines is 6. The van der Waals surface area contributed by atoms with Gasteiger partial charge in [0.25, 0.3) is 0 Å². The predicted molar refractivity (Wildman–Crippen MR) is 288 cm³/mol. The fraction of sp³-hybridized carbons (Fsp3) is 0.400. The molecule has 2 saturated heterocycles. The van der Waals surface area contributed by atoms with Gasteiger partial charge >= 0.3 is 14.2 Å². The molecule has 6 aromatic rings. The molecule has 2 heterocycles. The highest BCUT2D eigenvalue weighted by Crippen LogP contribution is 2.41. The lowest BCUT2D eigenvalue weighted by Gasteiger charge is -2.32. The van der Waals surface area contributed by atoms with E-state index in [0.29, 0.717) is 0 Å². The average Bonchev–Trinajstić information content (AvgIpc) is 3.70. The lowest BCUT2D eigenvalue weighted by molar-refractivity contribution is 0.00578. The predicted octanol–water partition coefficient (Wildman–Crippen LogP) is 15.1. The van der Waals surface area contributed by atoms with Crippen LogP contribution < -0.4 is 20.7 Å². The van der Waals surface area contributed by atoms with Gasteiger partial charge in [-0.15, -0.1) is 0 Å². The first kappa shape index (κ1) is 49.3. The maximum Gasteiger partial charge on any atom is 0.494 e. The van der Waals surface area contributed by atoms with Crippen molar-refractivity contribution in [2.75, 3.05) is 9.80 Å². The summed E-state index contributed by atoms with van der Waals surface area (Å²) in [6.45, 7) is 21.3. The molecule has 0 saturated carbocycles. The van der Waals surface area contributed by atoms with Gasteiger partial charge in [0.2, 0.25) is 0 Å². The number of nitrogens with zero attached hydrogens (tertiary/aromatic N) is 2. The normalized spacial score (nSPS) is 16.9. The Morgan fingerprint density at radius 2 is 0.574 bits per heavy atom. The molecule has 0 aromatic heterocycles. The van der Waals surface area contributed by atoms with Crippen LogP contribution in [0.4, 0.5) is 34.1 Å². The first-order chi connectivity index (χ1) is 32.6. The first-order valence-corrected chi connectivity index (χ1v) is 25.5. The number of unbranched alkanes of at least 4 members (excludes halogenated alkanes) is 6. The van der Waals surface area contributed by atoms with Gasteiger partial charge in [0.15, 0.2) is 0 Å². The minimum absolute atomic E-state index is 0.415. The Kier molecular flexibility index (Phi) is 15.1. The number of hydrogen-bond donors (Lipinski definition) is 0. The fourth-order valence-electron chi connectivity index (χ4n) is 9.15. The SMILES string of the molecule is CCCCCCc1ccc(N(c2ccc(CCCCCC)cc2)c2ccc(-c3ccc(N(c4ccc(B5OC(C)(C)C(C)(C)O5)cc4)c4ccc(B5OC(C)(C)C(C)(C)O5)cc4)cc3)cc2)cc1. The van der Waals surface area contributed by atoms with Gasteiger partial charge in [-0.25, -0.2) is 0 Å². The molecule has 8 heteroatoms. The molecule has 0 atom stereocenters. The summed E-state index contributed by atoms with van der Waals surface area (Å²) in [6.07, 6.45) is 12.4. The molecule has 0 aliphatic carbocycles. The second-order valence-electron chi connectivity index (χ2n) is 21.1. The summed E-state index contributed by atoms with van der Waals surface area (Å²) in [5, 5.41) is 0. The summed E-state index contributed by atoms with van der Waals surface area (Å²) in [5.74, 6) is 0. The minimum Gasteiger partial charge on any atom is -0.399 e. The highest BCUT2D eigenvalue weighted by molar-refractivity contribution is 6.62. The molecule has 0 radical (unpaired) electrons. The van der Waals surface area contributed by atoms with Crippen LogP contribution >= 0.6 is 0 Å². The Hall–Kier alpha value is -5.11. The molecule has 0 unspecified atom stereocenters. The summed E-state index contributed by atoms with van der Waals surface area (Å²) in [5.41, 5.74) is 12.0. The maximum absolute atomic E-state index is 6.41. The summed E-state index contributed by atoms with van der Waals surface area (Å²) in [6, 6.07) is 53.5. The first-order valence-electron chi connectivity index (χ1n) is 25.5. The molecule has 8 rings (SSSR count). The number of aryl methyl sites for hydroxylation is 2. The lowest BCUT2D eigenvalue weighted by atomic mass is 9.79. The zero-order valence-corrected chi connectivity index (χ0v) is 42.6. The minimum atomic E-state index is -0.434. The highest BCUT2D eigenvalue weighted by Gasteiger charge is 2.52. The van der Waals surface area contributed by atoms with Crippen LogP contribution in [0.2, 0.25) is 0 Å². The number of benzene rings is 6. The highest BCUT2D eigenvalue weighted by atomic mass is 16.7. The van der Waals surface area contributed by atoms with E-state index in [2.05, 4.69) is 225 Å². The van der Waals surface area contributed by atoms with Gasteiger partial charge in [-0.3, -0.25) is 0 Å². The van der Waals surface area contributed by atoms with Crippen molar-refractivity contribution in [2.45, 2.75) is 156 Å². The van der Waals surface area contributed by atoms with Crippen LogP contribution in [0, 0.1) is 0 Å². The maximum atomic E-state index is 6.41. The van der Waals surface area contributed by atoms with Gasteiger partial charge < -0.3 is 28.4 Å². The van der Waals surface area contributed by atoms with E-state index in [-0.39, 0.29) is 0 Å². The Balaban J connectivity index is 1.06. The molecule has 68 heavy (non-hydrogen) atoms. The summed E-state index contributed by atoms with van der Waals surface area (Å²) in [7, 11) is -0.869. The molecule has 0 N–H and O–H groups in total. The van der Waals surface area contributed by atoms with E-state index in [1.165, 1.54) is 73.9 Å². The van der Waals surface area contributed by atoms with Gasteiger partial charge in [-0.05, 0) is 187 Å². The van der Waals surface area contributed by atoms with E-state index >= 15 is 0 Å². The van der Waals surface area contributed by atoms with E-state index < -0.39 is 36.6 Å². The van der Waals surface area contributed by atoms with Crippen molar-refractivity contribution in [3.05, 3.63) is 157 Å². The van der Waals surface area contributed by atoms with Crippen LogP contribution in [0.1, 0.15) is 132 Å². The van der Waals surface area contributed by atoms with Crippen LogP contribution in [0.25, 0.3) is 11.1 Å². The van der Waals surface area contributed by atoms with Crippen molar-refractivity contribution in [1.29, 1.82) is 0 Å². The smallest absolute Gasteiger partial charge is 0.399 e. The molecule has 2 aliphatic rings. The van der Waals surface area contributed by atoms with Crippen LogP contribution in [-0.4, -0.2) is 36.6 Å². The topological polar surface area (TPSA) is 43.4 Å². The van der Waals surface area contributed by atoms with Crippen LogP contribution in [0.15, 0.2) is 146 Å². The molecular weight excluding hydrogens is 834 g/mol. The Bertz CT molecular complexity index is 2370. The monoisotopic (exact) mass is 909 g/mol. The van der Waals surface area contributed by atoms with Crippen LogP contribution in [0.3, 0.4) is 0 Å². The third-order valence-corrected chi connectivity index (χ3v) is 15.0. The van der Waals surface area contributed by atoms with E-state index in [0.717, 1.165) is 57.6 Å². The van der Waals surface area contributed by atoms with Gasteiger partial charge in [-0.1, -0.05) is 125 Å². The van der Waals surface area contributed by atoms with Crippen molar-refractivity contribution < 1.29 is 18.6 Å². The van der Waals surface area contributed by atoms with E-state index in [4.69, 9.17) is 18.6 Å². The van der Waals surface area contributed by atoms with Gasteiger partial charge in [0.1, 0.15) is 0 Å². The molecule has 2 fully saturated rings. The summed E-state index contributed by atoms with van der Waals surface area (Å²) >= 11 is 0. The van der Waals surface area contributed by atoms with Crippen molar-refractivity contribution in [2.24, 2.45) is 0 Å². The lowest BCUT2D eigenvalue weighted by Crippen LogP contribution is -2.41. The van der Waals surface area contributed by atoms with Crippen LogP contribution in [0.5, 0.6) is 0 Å². The second-order valence-corrected chi connectivity index (χ2v) is 21.1. The average molecular weight is 909 g/mol. The Morgan fingerprint density at radius 1 is 0.324 bits per heavy atom. The Morgan fingerprint density at radius 3 is 0.838 bits per heavy atom. The fourth-order valence-corrected chi connectivity index (χ4v) is 9.15. The third-order valence-electron chi connectivity index (χ3n) is 15.0. The van der Waals surface area contributed by atoms with Crippen molar-refractivity contribution >= 4 is 59.3 Å². The van der Waals surface area contributed by atoms with E-state index in [1.54, 1.807) is 0 Å². The standard InChI is InChI=1S/C60H74B2N2O4/c1-11-13-15-17-19-45-21-33-51(34-22-45)63(52-35-23-46(24-36-52)20-18-16-14-12-2)53-37-25-47(26-38-53)48-27-39-54(40-28-48)64(55-41-29-49(30-42-55)61-65-57(3,4)58(5,6)66-61)56-43-31-50(32-44-56)62-67-59(7,8)60(9,10)68-62/h21-44H,11-20H2,1-10H3. The van der Waals surface area contributed by atoms with Crippen LogP contribution in [-0.2, 0) is 31.5 Å². The quantitative estimate of drug-likeness (QED) is 0.0596. The van der Waals surface area contributed by atoms with Crippen molar-refractivity contribution in [3.8, 4) is 11.1 Å². The molecule has 0 amide bonds. The van der Waals surface area contributed by atoms with Gasteiger partial charge in [0, 0.05) is 34.1 Å². The van der Waals surface area contributed by atoms with Crippen molar-refractivity contribution in [1.82, 2.24) is 0 Å². The molecular formula is C60H74B2N2O4. The second kappa shape index (κ2) is 20.9. The number of rotatable bonds is 19. The molecule has 6 nitrogen and oxygen atoms in total. The Labute approximate surface area is 409 Å². The van der Waals surface area contributed by atoms with E-state index in [9.17, 15) is 0 Å². The summed E-state index contributed by atoms with van der Waals surface area (Å²) < 4.78 is 25.7. The molecule has 0 spiro atoms. The number of hydrogen-bond acceptors (Lipinski definition) is 6. The zero-order valence-electron chi connectivity index (χ0n) is 42.6. The van der Waals surface area contributed by atoms with Gasteiger partial charge in [0.05, 0.1) is 22.4 Å². The molecule has 354 valence electrons. The van der Waals surface area contributed by atoms with Crippen molar-refractivity contribution in [3.63, 3.8) is 0 Å². The third kappa shape index (κ3) is 11.0. The van der Waals surface area contributed by atoms with Gasteiger partial charge in [-0.2, -0.15) is 0 Å². The van der Waals surface area contributed by atoms with E-state index in [1.807, 2.05) is 0 Å². The zero-order chi connectivity index (χ0) is 48.1. The molecule has 6 aromatic carbocycles. The molecule has 2 aliphatic heterocycles. The summed E-state index contributed by atoms with van der Waals surface area (Å²) in [4.78, 5) is 4.68.